The highest BCUT2D eigenvalue weighted by molar-refractivity contribution is 7.96. The summed E-state index contributed by atoms with van der Waals surface area (Å²) in [6.45, 7) is 0. The monoisotopic (exact) mass is 321 g/mol. The quantitative estimate of drug-likeness (QED) is 0.937. The predicted molar refractivity (Wildman–Crippen MR) is 81.6 cm³/mol. The van der Waals surface area contributed by atoms with Crippen LogP contribution >= 0.6 is 0 Å². The van der Waals surface area contributed by atoms with Gasteiger partial charge in [0.25, 0.3) is 10.0 Å². The van der Waals surface area contributed by atoms with Gasteiger partial charge in [-0.25, -0.2) is 17.2 Å². The minimum Gasteiger partial charge on any atom is -0.277 e. The first-order chi connectivity index (χ1) is 10.5. The normalized spacial score (nSPS) is 14.2. The molecular formula is C16H13F2NO2S. The lowest BCUT2D eigenvalue weighted by Crippen LogP contribution is -2.18. The van der Waals surface area contributed by atoms with E-state index in [1.807, 2.05) is 24.3 Å². The van der Waals surface area contributed by atoms with Gasteiger partial charge >= 0.3 is 0 Å². The molecule has 0 unspecified atom stereocenters. The third-order valence-electron chi connectivity index (χ3n) is 3.53. The Balaban J connectivity index is 1.94. The molecule has 0 bridgehead atoms. The number of hydrogen-bond acceptors (Lipinski definition) is 2. The molecule has 3 rings (SSSR count). The first-order valence-electron chi connectivity index (χ1n) is 6.72. The van der Waals surface area contributed by atoms with Crippen molar-refractivity contribution in [3.05, 3.63) is 70.1 Å². The lowest BCUT2D eigenvalue weighted by Gasteiger charge is -2.17. The molecule has 0 spiro atoms. The zero-order valence-corrected chi connectivity index (χ0v) is 12.3. The number of aryl methyl sites for hydroxylation is 1. The molecule has 114 valence electrons. The van der Waals surface area contributed by atoms with E-state index in [1.165, 1.54) is 0 Å². The van der Waals surface area contributed by atoms with Crippen LogP contribution in [0.15, 0.2) is 47.4 Å². The van der Waals surface area contributed by atoms with Gasteiger partial charge < -0.3 is 0 Å². The standard InChI is InChI=1S/C16H13F2NO2S/c17-13-6-8-15(18)16(10-13)19-22(20,21)14-7-5-11-3-1-2-4-12(11)9-14/h1-4,6,8-10,19H,5,7H2. The number of nitrogens with one attached hydrogen (secondary N) is 1. The van der Waals surface area contributed by atoms with Crippen LogP contribution in [0.25, 0.3) is 6.08 Å². The molecule has 1 aliphatic carbocycles. The van der Waals surface area contributed by atoms with Crippen LogP contribution in [0, 0.1) is 11.6 Å². The van der Waals surface area contributed by atoms with Crippen molar-refractivity contribution in [3.63, 3.8) is 0 Å². The van der Waals surface area contributed by atoms with Gasteiger partial charge in [-0.05, 0) is 42.2 Å². The smallest absolute Gasteiger partial charge is 0.258 e. The van der Waals surface area contributed by atoms with Crippen LogP contribution in [-0.2, 0) is 16.4 Å². The number of allylic oxidation sites excluding steroid dienone is 1. The summed E-state index contributed by atoms with van der Waals surface area (Å²) in [7, 11) is -3.91. The molecular weight excluding hydrogens is 308 g/mol. The summed E-state index contributed by atoms with van der Waals surface area (Å²) in [4.78, 5) is 0.162. The van der Waals surface area contributed by atoms with Gasteiger partial charge in [0.1, 0.15) is 11.6 Å². The van der Waals surface area contributed by atoms with E-state index in [0.717, 1.165) is 29.3 Å². The minimum atomic E-state index is -3.91. The van der Waals surface area contributed by atoms with Gasteiger partial charge in [-0.2, -0.15) is 0 Å². The largest absolute Gasteiger partial charge is 0.277 e. The maximum Gasteiger partial charge on any atom is 0.258 e. The summed E-state index contributed by atoms with van der Waals surface area (Å²) in [5.74, 6) is -1.52. The zero-order valence-electron chi connectivity index (χ0n) is 11.5. The van der Waals surface area contributed by atoms with Gasteiger partial charge in [0.05, 0.1) is 10.6 Å². The maximum atomic E-state index is 13.6. The van der Waals surface area contributed by atoms with E-state index in [-0.39, 0.29) is 10.6 Å². The number of sulfonamides is 1. The zero-order chi connectivity index (χ0) is 15.7. The summed E-state index contributed by atoms with van der Waals surface area (Å²) in [6.07, 6.45) is 2.48. The Hall–Kier alpha value is -2.21. The average Bonchev–Trinajstić information content (AvgIpc) is 2.50. The molecule has 22 heavy (non-hydrogen) atoms. The van der Waals surface area contributed by atoms with E-state index in [2.05, 4.69) is 4.72 Å². The minimum absolute atomic E-state index is 0.162. The van der Waals surface area contributed by atoms with E-state index < -0.39 is 21.7 Å². The van der Waals surface area contributed by atoms with Gasteiger partial charge in [-0.1, -0.05) is 24.3 Å². The second kappa shape index (κ2) is 5.53. The van der Waals surface area contributed by atoms with E-state index in [1.54, 1.807) is 6.08 Å². The van der Waals surface area contributed by atoms with E-state index in [0.29, 0.717) is 12.8 Å². The molecule has 0 atom stereocenters. The van der Waals surface area contributed by atoms with Crippen molar-refractivity contribution >= 4 is 21.8 Å². The second-order valence-electron chi connectivity index (χ2n) is 5.04. The number of halogens is 2. The van der Waals surface area contributed by atoms with Gasteiger partial charge in [-0.15, -0.1) is 0 Å². The average molecular weight is 321 g/mol. The SMILES string of the molecule is O=S(=O)(Nc1cc(F)ccc1F)C1=Cc2ccccc2CC1. The molecule has 0 radical (unpaired) electrons. The van der Waals surface area contributed by atoms with E-state index in [9.17, 15) is 17.2 Å². The molecule has 0 saturated heterocycles. The van der Waals surface area contributed by atoms with Crippen molar-refractivity contribution in [2.24, 2.45) is 0 Å². The third-order valence-corrected chi connectivity index (χ3v) is 5.03. The fraction of sp³-hybridized carbons (Fsp3) is 0.125. The number of benzene rings is 2. The Morgan fingerprint density at radius 3 is 2.59 bits per heavy atom. The summed E-state index contributed by atoms with van der Waals surface area (Å²) in [5, 5.41) is 0. The molecule has 0 heterocycles. The lowest BCUT2D eigenvalue weighted by molar-refractivity contribution is 0.596. The summed E-state index contributed by atoms with van der Waals surface area (Å²) < 4.78 is 53.6. The van der Waals surface area contributed by atoms with Gasteiger partial charge in [0.15, 0.2) is 0 Å². The number of anilines is 1. The van der Waals surface area contributed by atoms with Crippen molar-refractivity contribution in [2.45, 2.75) is 12.8 Å². The molecule has 0 aromatic heterocycles. The number of rotatable bonds is 3. The molecule has 3 nitrogen and oxygen atoms in total. The Morgan fingerprint density at radius 2 is 1.77 bits per heavy atom. The lowest BCUT2D eigenvalue weighted by atomic mass is 9.98. The number of fused-ring (bicyclic) bond motifs is 1. The first-order valence-corrected chi connectivity index (χ1v) is 8.20. The van der Waals surface area contributed by atoms with Crippen LogP contribution in [0.5, 0.6) is 0 Å². The van der Waals surface area contributed by atoms with Crippen LogP contribution in [0.3, 0.4) is 0 Å². The van der Waals surface area contributed by atoms with Crippen LogP contribution < -0.4 is 4.72 Å². The fourth-order valence-corrected chi connectivity index (χ4v) is 3.63. The van der Waals surface area contributed by atoms with Crippen LogP contribution in [0.2, 0.25) is 0 Å². The highest BCUT2D eigenvalue weighted by Crippen LogP contribution is 2.28. The van der Waals surface area contributed by atoms with Gasteiger partial charge in [0.2, 0.25) is 0 Å². The van der Waals surface area contributed by atoms with Crippen LogP contribution in [0.4, 0.5) is 14.5 Å². The van der Waals surface area contributed by atoms with Gasteiger partial charge in [-0.3, -0.25) is 4.72 Å². The summed E-state index contributed by atoms with van der Waals surface area (Å²) >= 11 is 0. The topological polar surface area (TPSA) is 46.2 Å². The van der Waals surface area contributed by atoms with Crippen LogP contribution in [-0.4, -0.2) is 8.42 Å². The highest BCUT2D eigenvalue weighted by atomic mass is 32.2. The Morgan fingerprint density at radius 1 is 1.00 bits per heavy atom. The van der Waals surface area contributed by atoms with Crippen molar-refractivity contribution in [1.82, 2.24) is 0 Å². The highest BCUT2D eigenvalue weighted by Gasteiger charge is 2.22. The second-order valence-corrected chi connectivity index (χ2v) is 6.77. The molecule has 0 aliphatic heterocycles. The maximum absolute atomic E-state index is 13.6. The number of hydrogen-bond donors (Lipinski definition) is 1. The Labute approximate surface area is 127 Å². The first kappa shape index (κ1) is 14.7. The molecule has 0 fully saturated rings. The molecule has 0 saturated carbocycles. The van der Waals surface area contributed by atoms with E-state index in [4.69, 9.17) is 0 Å². The predicted octanol–water partition coefficient (Wildman–Crippen LogP) is 3.69. The van der Waals surface area contributed by atoms with Crippen LogP contribution in [0.1, 0.15) is 17.5 Å². The third kappa shape index (κ3) is 2.87. The summed E-state index contributed by atoms with van der Waals surface area (Å²) in [6, 6.07) is 10.1. The van der Waals surface area contributed by atoms with Crippen molar-refractivity contribution in [1.29, 1.82) is 0 Å². The molecule has 2 aromatic carbocycles. The van der Waals surface area contributed by atoms with Crippen molar-refractivity contribution in [3.8, 4) is 0 Å². The molecule has 6 heteroatoms. The van der Waals surface area contributed by atoms with Crippen molar-refractivity contribution < 1.29 is 17.2 Å². The van der Waals surface area contributed by atoms with Gasteiger partial charge in [0, 0.05) is 6.07 Å². The molecule has 0 amide bonds. The summed E-state index contributed by atoms with van der Waals surface area (Å²) in [5.41, 5.74) is 1.51. The fourth-order valence-electron chi connectivity index (χ4n) is 2.40. The van der Waals surface area contributed by atoms with Crippen molar-refractivity contribution in [2.75, 3.05) is 4.72 Å². The molecule has 2 aromatic rings. The van der Waals surface area contributed by atoms with E-state index >= 15 is 0 Å². The molecule has 1 N–H and O–H groups in total. The Bertz CT molecular complexity index is 860. The molecule has 1 aliphatic rings. The Kier molecular flexibility index (Phi) is 3.70.